The normalized spacial score (nSPS) is 48.1. The molecule has 6 rings (SSSR count). The summed E-state index contributed by atoms with van der Waals surface area (Å²) in [5, 5.41) is 9.94. The van der Waals surface area contributed by atoms with E-state index in [2.05, 4.69) is 47.6 Å². The molecule has 1 spiro atoms. The number of hydrogen-bond donors (Lipinski definition) is 0. The van der Waals surface area contributed by atoms with E-state index in [9.17, 15) is 19.6 Å². The quantitative estimate of drug-likeness (QED) is 0.273. The maximum Gasteiger partial charge on any atom is 0.302 e. The molecule has 0 aliphatic heterocycles. The summed E-state index contributed by atoms with van der Waals surface area (Å²) in [6.07, 6.45) is 14.1. The number of nitriles is 1. The third kappa shape index (κ3) is 3.23. The van der Waals surface area contributed by atoms with E-state index in [1.54, 1.807) is 0 Å². The number of esters is 1. The molecule has 0 N–H and O–H groups in total. The Morgan fingerprint density at radius 1 is 1.00 bits per heavy atom. The van der Waals surface area contributed by atoms with Gasteiger partial charge in [0.25, 0.3) is 0 Å². The molecule has 8 atom stereocenters. The van der Waals surface area contributed by atoms with Gasteiger partial charge in [-0.1, -0.05) is 47.6 Å². The van der Waals surface area contributed by atoms with Crippen LogP contribution in [0.15, 0.2) is 23.3 Å². The Labute approximate surface area is 240 Å². The summed E-state index contributed by atoms with van der Waals surface area (Å²) < 4.78 is 5.33. The van der Waals surface area contributed by atoms with Gasteiger partial charge < -0.3 is 4.74 Å². The number of hydrogen-bond acceptors (Lipinski definition) is 5. The lowest BCUT2D eigenvalue weighted by atomic mass is 9.34. The van der Waals surface area contributed by atoms with Crippen LogP contribution < -0.4 is 0 Å². The second kappa shape index (κ2) is 8.20. The van der Waals surface area contributed by atoms with Crippen molar-refractivity contribution in [2.45, 2.75) is 113 Å². The number of allylic oxidation sites excluding steroid dienone is 4. The van der Waals surface area contributed by atoms with E-state index in [1.165, 1.54) is 18.9 Å². The third-order valence-corrected chi connectivity index (χ3v) is 14.2. The van der Waals surface area contributed by atoms with Gasteiger partial charge in [-0.3, -0.25) is 14.4 Å². The highest BCUT2D eigenvalue weighted by atomic mass is 16.5. The van der Waals surface area contributed by atoms with Gasteiger partial charge in [-0.2, -0.15) is 5.26 Å². The lowest BCUT2D eigenvalue weighted by Gasteiger charge is -2.69. The van der Waals surface area contributed by atoms with Gasteiger partial charge in [0.1, 0.15) is 6.07 Å². The minimum absolute atomic E-state index is 0.00328. The van der Waals surface area contributed by atoms with Gasteiger partial charge in [0.05, 0.1) is 12.2 Å². The van der Waals surface area contributed by atoms with Gasteiger partial charge in [0.2, 0.25) is 0 Å². The van der Waals surface area contributed by atoms with Crippen LogP contribution in [-0.2, 0) is 19.1 Å². The van der Waals surface area contributed by atoms with Crippen LogP contribution in [0.2, 0.25) is 0 Å². The van der Waals surface area contributed by atoms with Crippen molar-refractivity contribution in [3.05, 3.63) is 23.3 Å². The van der Waals surface area contributed by atoms with Gasteiger partial charge >= 0.3 is 5.97 Å². The molecular weight excluding hydrogens is 498 g/mol. The molecule has 6 aliphatic carbocycles. The topological polar surface area (TPSA) is 84.2 Å². The summed E-state index contributed by atoms with van der Waals surface area (Å²) in [4.78, 5) is 39.3. The summed E-state index contributed by atoms with van der Waals surface area (Å²) in [6.45, 7) is 15.8. The molecule has 0 bridgehead atoms. The van der Waals surface area contributed by atoms with Crippen LogP contribution >= 0.6 is 0 Å². The average molecular weight is 546 g/mol. The van der Waals surface area contributed by atoms with Crippen molar-refractivity contribution in [2.24, 2.45) is 49.7 Å². The Morgan fingerprint density at radius 2 is 1.70 bits per heavy atom. The fourth-order valence-electron chi connectivity index (χ4n) is 11.5. The first-order valence-corrected chi connectivity index (χ1v) is 15.6. The highest BCUT2D eigenvalue weighted by Gasteiger charge is 2.81. The lowest BCUT2D eigenvalue weighted by Crippen LogP contribution is -2.64. The number of ether oxygens (including phenoxy) is 1. The number of carbonyl (C=O) groups is 3. The van der Waals surface area contributed by atoms with E-state index < -0.39 is 10.8 Å². The highest BCUT2D eigenvalue weighted by Crippen LogP contribution is 2.85. The number of Topliss-reactive ketones (excluding diaryl/α,β-unsaturated/α-hetero) is 1. The Hall–Kier alpha value is -2.22. The second-order valence-electron chi connectivity index (χ2n) is 16.3. The average Bonchev–Trinajstić information content (AvgIpc) is 3.52. The van der Waals surface area contributed by atoms with Crippen LogP contribution in [0.25, 0.3) is 0 Å². The Balaban J connectivity index is 1.44. The highest BCUT2D eigenvalue weighted by molar-refractivity contribution is 6.07. The standard InChI is InChI=1S/C35H47NO4/c1-22(37)40-16-8-9-34-13-10-29(2,3)19-24(34)27-25(38)17-26-30(4,31(27,5)11-14-34)12-15-35-21-33(35,7)28(39)23(20-36)18-32(26,35)6/h17-18,24,27H,8-16,19,21H2,1-7H3/t24?,27?,30-,31-,32-,33?,34-,35+/m1/s1. The molecule has 4 fully saturated rings. The molecule has 4 saturated carbocycles. The number of nitrogens with zero attached hydrogens (tertiary/aromatic N) is 1. The van der Waals surface area contributed by atoms with Gasteiger partial charge in [-0.15, -0.1) is 0 Å². The first-order chi connectivity index (χ1) is 18.5. The Bertz CT molecular complexity index is 1320. The molecule has 3 unspecified atom stereocenters. The molecule has 5 heteroatoms. The van der Waals surface area contributed by atoms with Crippen molar-refractivity contribution in [3.63, 3.8) is 0 Å². The van der Waals surface area contributed by atoms with Crippen LogP contribution in [0, 0.1) is 61.1 Å². The van der Waals surface area contributed by atoms with Crippen LogP contribution in [-0.4, -0.2) is 24.1 Å². The zero-order valence-corrected chi connectivity index (χ0v) is 25.7. The second-order valence-corrected chi connectivity index (χ2v) is 16.3. The fourth-order valence-corrected chi connectivity index (χ4v) is 11.5. The van der Waals surface area contributed by atoms with Gasteiger partial charge in [-0.25, -0.2) is 0 Å². The summed E-state index contributed by atoms with van der Waals surface area (Å²) in [5.74, 6) is 0.324. The van der Waals surface area contributed by atoms with Crippen LogP contribution in [0.3, 0.4) is 0 Å². The summed E-state index contributed by atoms with van der Waals surface area (Å²) in [6, 6.07) is 2.23. The Morgan fingerprint density at radius 3 is 2.38 bits per heavy atom. The largest absolute Gasteiger partial charge is 0.466 e. The molecule has 0 aromatic rings. The van der Waals surface area contributed by atoms with E-state index in [0.29, 0.717) is 12.5 Å². The fraction of sp³-hybridized carbons (Fsp3) is 0.771. The van der Waals surface area contributed by atoms with Gasteiger partial charge in [0.15, 0.2) is 11.6 Å². The molecule has 0 aromatic heterocycles. The van der Waals surface area contributed by atoms with Gasteiger partial charge in [-0.05, 0) is 109 Å². The van der Waals surface area contributed by atoms with E-state index in [0.717, 1.165) is 57.8 Å². The van der Waals surface area contributed by atoms with Crippen molar-refractivity contribution < 1.29 is 19.1 Å². The van der Waals surface area contributed by atoms with Crippen molar-refractivity contribution >= 4 is 17.5 Å². The van der Waals surface area contributed by atoms with Crippen molar-refractivity contribution in [1.82, 2.24) is 0 Å². The molecule has 216 valence electrons. The minimum Gasteiger partial charge on any atom is -0.466 e. The zero-order valence-electron chi connectivity index (χ0n) is 25.7. The number of carbonyl (C=O) groups excluding carboxylic acids is 3. The number of fused-ring (bicyclic) bond motifs is 6. The third-order valence-electron chi connectivity index (χ3n) is 14.2. The van der Waals surface area contributed by atoms with Gasteiger partial charge in [0, 0.05) is 23.7 Å². The predicted octanol–water partition coefficient (Wildman–Crippen LogP) is 7.30. The molecule has 5 nitrogen and oxygen atoms in total. The summed E-state index contributed by atoms with van der Waals surface area (Å²) >= 11 is 0. The lowest BCUT2D eigenvalue weighted by molar-refractivity contribution is -0.172. The first kappa shape index (κ1) is 27.9. The first-order valence-electron chi connectivity index (χ1n) is 15.6. The smallest absolute Gasteiger partial charge is 0.302 e. The predicted molar refractivity (Wildman–Crippen MR) is 153 cm³/mol. The monoisotopic (exact) mass is 545 g/mol. The van der Waals surface area contributed by atoms with E-state index >= 15 is 0 Å². The van der Waals surface area contributed by atoms with Crippen LogP contribution in [0.5, 0.6) is 0 Å². The van der Waals surface area contributed by atoms with E-state index in [1.807, 2.05) is 12.2 Å². The molecule has 0 amide bonds. The molecular formula is C35H47NO4. The molecule has 0 radical (unpaired) electrons. The molecule has 0 heterocycles. The minimum atomic E-state index is -0.498. The SMILES string of the molecule is CC(=O)OCCC[C@]12CCC(C)(C)CC1C1C(=O)C=C3[C@@]4(C)C=C(C#N)C(=O)C5(C)C[C@]54CC[C@@]3(C)[C@]1(C)CC2. The van der Waals surface area contributed by atoms with E-state index in [4.69, 9.17) is 4.74 Å². The summed E-state index contributed by atoms with van der Waals surface area (Å²) in [7, 11) is 0. The van der Waals surface area contributed by atoms with Crippen molar-refractivity contribution in [3.8, 4) is 6.07 Å². The van der Waals surface area contributed by atoms with Crippen molar-refractivity contribution in [1.29, 1.82) is 5.26 Å². The van der Waals surface area contributed by atoms with Crippen molar-refractivity contribution in [2.75, 3.05) is 6.61 Å². The molecule has 6 aliphatic rings. The molecule has 0 aromatic carbocycles. The molecule has 0 saturated heterocycles. The molecule has 40 heavy (non-hydrogen) atoms. The van der Waals surface area contributed by atoms with Crippen LogP contribution in [0.4, 0.5) is 0 Å². The number of ketones is 2. The van der Waals surface area contributed by atoms with E-state index in [-0.39, 0.29) is 56.1 Å². The maximum atomic E-state index is 14.6. The number of rotatable bonds is 4. The van der Waals surface area contributed by atoms with Crippen LogP contribution in [0.1, 0.15) is 113 Å². The maximum absolute atomic E-state index is 14.6. The zero-order chi connectivity index (χ0) is 29.1. The Kier molecular flexibility index (Phi) is 5.72. The summed E-state index contributed by atoms with van der Waals surface area (Å²) in [5.41, 5.74) is 0.292.